The molecular weight excluding hydrogens is 406 g/mol. The Morgan fingerprint density at radius 1 is 1.06 bits per heavy atom. The van der Waals surface area contributed by atoms with Crippen LogP contribution in [0.2, 0.25) is 0 Å². The second-order valence-corrected chi connectivity index (χ2v) is 8.12. The number of aryl methyl sites for hydroxylation is 2. The predicted octanol–water partition coefficient (Wildman–Crippen LogP) is 2.82. The van der Waals surface area contributed by atoms with Gasteiger partial charge in [-0.1, -0.05) is 25.1 Å². The van der Waals surface area contributed by atoms with Gasteiger partial charge in [0, 0.05) is 30.7 Å². The van der Waals surface area contributed by atoms with Crippen LogP contribution in [0.3, 0.4) is 0 Å². The van der Waals surface area contributed by atoms with Gasteiger partial charge in [0.2, 0.25) is 0 Å². The Bertz CT molecular complexity index is 1300. The van der Waals surface area contributed by atoms with E-state index in [1.54, 1.807) is 18.3 Å². The highest BCUT2D eigenvalue weighted by Crippen LogP contribution is 2.12. The highest BCUT2D eigenvalue weighted by atomic mass is 16.2. The Morgan fingerprint density at radius 2 is 1.91 bits per heavy atom. The molecule has 9 heteroatoms. The first-order chi connectivity index (χ1) is 15.4. The molecule has 3 heterocycles. The van der Waals surface area contributed by atoms with E-state index < -0.39 is 0 Å². The Hall–Kier alpha value is -3.88. The zero-order valence-electron chi connectivity index (χ0n) is 18.4. The van der Waals surface area contributed by atoms with Gasteiger partial charge in [-0.25, -0.2) is 14.3 Å². The third-order valence-corrected chi connectivity index (χ3v) is 5.20. The van der Waals surface area contributed by atoms with Crippen LogP contribution < -0.4 is 16.3 Å². The first-order valence-electron chi connectivity index (χ1n) is 10.6. The van der Waals surface area contributed by atoms with Crippen molar-refractivity contribution in [2.24, 2.45) is 5.92 Å². The molecule has 4 rings (SSSR count). The van der Waals surface area contributed by atoms with Gasteiger partial charge in [0.15, 0.2) is 5.65 Å². The van der Waals surface area contributed by atoms with Gasteiger partial charge in [0.05, 0.1) is 12.2 Å². The van der Waals surface area contributed by atoms with Crippen LogP contribution in [-0.2, 0) is 13.1 Å². The Labute approximate surface area is 185 Å². The Balaban J connectivity index is 1.34. The largest absolute Gasteiger partial charge is 0.350 e. The summed E-state index contributed by atoms with van der Waals surface area (Å²) in [5.74, 6) is 0.229. The van der Waals surface area contributed by atoms with E-state index in [4.69, 9.17) is 0 Å². The minimum absolute atomic E-state index is 0.201. The lowest BCUT2D eigenvalue weighted by molar-refractivity contribution is 0.249. The number of nitrogens with one attached hydrogen (secondary N) is 2. The molecule has 0 aliphatic carbocycles. The molecule has 4 aromatic rings. The highest BCUT2D eigenvalue weighted by molar-refractivity contribution is 5.89. The lowest BCUT2D eigenvalue weighted by Crippen LogP contribution is -2.33. The van der Waals surface area contributed by atoms with E-state index in [0.29, 0.717) is 24.4 Å². The van der Waals surface area contributed by atoms with Crippen molar-refractivity contribution >= 4 is 17.4 Å². The second-order valence-electron chi connectivity index (χ2n) is 8.12. The molecule has 0 saturated heterocycles. The predicted molar refractivity (Wildman–Crippen MR) is 123 cm³/mol. The summed E-state index contributed by atoms with van der Waals surface area (Å²) in [6.07, 6.45) is 1.69. The molecule has 1 atom stereocenters. The van der Waals surface area contributed by atoms with Crippen LogP contribution in [0.25, 0.3) is 5.65 Å². The van der Waals surface area contributed by atoms with Crippen LogP contribution in [0.4, 0.5) is 10.5 Å². The van der Waals surface area contributed by atoms with Gasteiger partial charge in [0.25, 0.3) is 0 Å². The lowest BCUT2D eigenvalue weighted by atomic mass is 10.2. The van der Waals surface area contributed by atoms with E-state index in [2.05, 4.69) is 27.8 Å². The van der Waals surface area contributed by atoms with Crippen LogP contribution in [0.15, 0.2) is 59.5 Å². The molecule has 0 radical (unpaired) electrons. The molecule has 0 saturated carbocycles. The summed E-state index contributed by atoms with van der Waals surface area (Å²) in [7, 11) is 0. The van der Waals surface area contributed by atoms with Crippen molar-refractivity contribution in [3.8, 4) is 0 Å². The van der Waals surface area contributed by atoms with Gasteiger partial charge >= 0.3 is 11.7 Å². The average molecular weight is 434 g/mol. The fourth-order valence-corrected chi connectivity index (χ4v) is 3.65. The molecule has 0 fully saturated rings. The van der Waals surface area contributed by atoms with E-state index in [1.165, 1.54) is 9.08 Å². The summed E-state index contributed by atoms with van der Waals surface area (Å²) in [6, 6.07) is 14.6. The van der Waals surface area contributed by atoms with Gasteiger partial charge in [-0.05, 0) is 55.7 Å². The van der Waals surface area contributed by atoms with Crippen molar-refractivity contribution < 1.29 is 4.79 Å². The monoisotopic (exact) mass is 433 g/mol. The van der Waals surface area contributed by atoms with Crippen molar-refractivity contribution in [2.75, 3.05) is 11.9 Å². The summed E-state index contributed by atoms with van der Waals surface area (Å²) >= 11 is 0. The Kier molecular flexibility index (Phi) is 6.07. The topological polar surface area (TPSA) is 98.3 Å². The molecule has 2 amide bonds. The third kappa shape index (κ3) is 4.88. The number of rotatable bonds is 7. The maximum absolute atomic E-state index is 12.5. The number of urea groups is 1. The maximum Gasteiger partial charge on any atom is 0.350 e. The quantitative estimate of drug-likeness (QED) is 0.468. The molecular formula is C23H27N7O2. The van der Waals surface area contributed by atoms with Crippen LogP contribution >= 0.6 is 0 Å². The molecule has 9 nitrogen and oxygen atoms in total. The molecule has 166 valence electrons. The van der Waals surface area contributed by atoms with Crippen LogP contribution in [-0.4, -0.2) is 36.5 Å². The lowest BCUT2D eigenvalue weighted by Gasteiger charge is -2.15. The van der Waals surface area contributed by atoms with E-state index in [-0.39, 0.29) is 17.6 Å². The summed E-state index contributed by atoms with van der Waals surface area (Å²) in [5.41, 5.74) is 4.02. The number of hydrogen-bond acceptors (Lipinski definition) is 4. The number of benzene rings is 1. The van der Waals surface area contributed by atoms with Crippen LogP contribution in [0, 0.1) is 19.8 Å². The number of anilines is 1. The third-order valence-electron chi connectivity index (χ3n) is 5.20. The molecule has 0 unspecified atom stereocenters. The summed E-state index contributed by atoms with van der Waals surface area (Å²) < 4.78 is 4.88. The van der Waals surface area contributed by atoms with E-state index >= 15 is 0 Å². The zero-order chi connectivity index (χ0) is 22.7. The Morgan fingerprint density at radius 3 is 2.66 bits per heavy atom. The molecule has 0 spiro atoms. The molecule has 0 bridgehead atoms. The molecule has 32 heavy (non-hydrogen) atoms. The fraction of sp³-hybridized carbons (Fsp3) is 0.304. The van der Waals surface area contributed by atoms with Crippen LogP contribution in [0.5, 0.6) is 0 Å². The number of hydrogen-bond donors (Lipinski definition) is 2. The second kappa shape index (κ2) is 9.09. The smallest absolute Gasteiger partial charge is 0.338 e. The van der Waals surface area contributed by atoms with Crippen molar-refractivity contribution in [3.63, 3.8) is 0 Å². The number of nitrogens with zero attached hydrogens (tertiary/aromatic N) is 5. The van der Waals surface area contributed by atoms with Gasteiger partial charge in [0.1, 0.15) is 0 Å². The highest BCUT2D eigenvalue weighted by Gasteiger charge is 2.10. The minimum atomic E-state index is -0.271. The number of carbonyl (C=O) groups excluding carboxylic acids is 1. The number of carbonyl (C=O) groups is 1. The van der Waals surface area contributed by atoms with Gasteiger partial charge in [-0.15, -0.1) is 5.10 Å². The van der Waals surface area contributed by atoms with Crippen LogP contribution in [0.1, 0.15) is 23.9 Å². The van der Waals surface area contributed by atoms with Gasteiger partial charge < -0.3 is 10.6 Å². The standard InChI is InChI=1S/C23H27N7O2/c1-16(14-29-18(3)11-17(2)26-29)13-24-22(31)25-20-8-6-7-19(12-20)15-30-23(32)28-10-5-4-9-21(28)27-30/h4-12,16H,13-15H2,1-3H3,(H2,24,25,31)/t16-/m1/s1. The first kappa shape index (κ1) is 21.4. The SMILES string of the molecule is Cc1cc(C)n(C[C@H](C)CNC(=O)Nc2cccc(Cn3nc4ccccn4c3=O)c2)n1. The number of aromatic nitrogens is 5. The molecule has 1 aromatic carbocycles. The fourth-order valence-electron chi connectivity index (χ4n) is 3.65. The summed E-state index contributed by atoms with van der Waals surface area (Å²) in [4.78, 5) is 24.8. The summed E-state index contributed by atoms with van der Waals surface area (Å²) in [5, 5.41) is 14.6. The molecule has 3 aromatic heterocycles. The van der Waals surface area contributed by atoms with E-state index in [9.17, 15) is 9.59 Å². The van der Waals surface area contributed by atoms with Crippen molar-refractivity contribution in [1.82, 2.24) is 29.3 Å². The first-order valence-corrected chi connectivity index (χ1v) is 10.6. The average Bonchev–Trinajstić information content (AvgIpc) is 3.24. The molecule has 0 aliphatic rings. The molecule has 0 aliphatic heterocycles. The number of fused-ring (bicyclic) bond motifs is 1. The van der Waals surface area contributed by atoms with Crippen molar-refractivity contribution in [1.29, 1.82) is 0 Å². The van der Waals surface area contributed by atoms with E-state index in [0.717, 1.165) is 23.5 Å². The number of amides is 2. The van der Waals surface area contributed by atoms with Crippen molar-refractivity contribution in [2.45, 2.75) is 33.9 Å². The number of pyridine rings is 1. The molecule has 2 N–H and O–H groups in total. The maximum atomic E-state index is 12.5. The van der Waals surface area contributed by atoms with Crippen molar-refractivity contribution in [3.05, 3.63) is 82.2 Å². The zero-order valence-corrected chi connectivity index (χ0v) is 18.4. The van der Waals surface area contributed by atoms with E-state index in [1.807, 2.05) is 54.9 Å². The van der Waals surface area contributed by atoms with Gasteiger partial charge in [-0.2, -0.15) is 5.10 Å². The normalized spacial score (nSPS) is 12.1. The summed E-state index contributed by atoms with van der Waals surface area (Å²) in [6.45, 7) is 7.66. The minimum Gasteiger partial charge on any atom is -0.338 e. The van der Waals surface area contributed by atoms with Gasteiger partial charge in [-0.3, -0.25) is 9.08 Å².